The highest BCUT2D eigenvalue weighted by Crippen LogP contribution is 2.38. The molecule has 1 aliphatic carbocycles. The van der Waals surface area contributed by atoms with Gasteiger partial charge < -0.3 is 10.6 Å². The number of carbonyl (C=O) groups excluding carboxylic acids is 3. The molecule has 0 aromatic carbocycles. The summed E-state index contributed by atoms with van der Waals surface area (Å²) in [6.45, 7) is 1.62. The van der Waals surface area contributed by atoms with Gasteiger partial charge in [0.1, 0.15) is 23.2 Å². The van der Waals surface area contributed by atoms with Gasteiger partial charge in [-0.25, -0.2) is 4.79 Å². The van der Waals surface area contributed by atoms with Crippen LogP contribution >= 0.6 is 11.3 Å². The molecule has 1 aromatic rings. The van der Waals surface area contributed by atoms with Crippen LogP contribution in [0, 0.1) is 17.2 Å². The van der Waals surface area contributed by atoms with E-state index in [1.807, 2.05) is 13.0 Å². The minimum Gasteiger partial charge on any atom is -0.323 e. The Bertz CT molecular complexity index is 738. The Hall–Kier alpha value is -2.40. The average molecular weight is 346 g/mol. The van der Waals surface area contributed by atoms with Crippen molar-refractivity contribution in [3.63, 3.8) is 0 Å². The number of thiophene rings is 1. The maximum atomic E-state index is 12.8. The van der Waals surface area contributed by atoms with Gasteiger partial charge in [0.25, 0.3) is 5.91 Å². The Morgan fingerprint density at radius 1 is 1.54 bits per heavy atom. The van der Waals surface area contributed by atoms with E-state index in [1.165, 1.54) is 11.3 Å². The number of hydrogen-bond donors (Lipinski definition) is 2. The summed E-state index contributed by atoms with van der Waals surface area (Å²) in [5, 5.41) is 16.5. The first kappa shape index (κ1) is 16.5. The topological polar surface area (TPSA) is 102 Å². The number of nitrogens with zero attached hydrogens (tertiary/aromatic N) is 2. The van der Waals surface area contributed by atoms with E-state index < -0.39 is 17.5 Å². The summed E-state index contributed by atoms with van der Waals surface area (Å²) in [6.07, 6.45) is 3.42. The molecule has 1 saturated heterocycles. The first-order valence-corrected chi connectivity index (χ1v) is 8.77. The first-order valence-electron chi connectivity index (χ1n) is 7.89. The number of nitriles is 1. The largest absolute Gasteiger partial charge is 0.325 e. The minimum atomic E-state index is -0.865. The van der Waals surface area contributed by atoms with Crippen LogP contribution in [-0.2, 0) is 9.59 Å². The second-order valence-electron chi connectivity index (χ2n) is 6.26. The van der Waals surface area contributed by atoms with E-state index in [9.17, 15) is 14.4 Å². The normalized spacial score (nSPS) is 26.3. The van der Waals surface area contributed by atoms with Gasteiger partial charge in [-0.05, 0) is 30.2 Å². The van der Waals surface area contributed by atoms with E-state index in [4.69, 9.17) is 5.26 Å². The van der Waals surface area contributed by atoms with Crippen molar-refractivity contribution in [2.45, 2.75) is 38.1 Å². The molecule has 1 saturated carbocycles. The predicted molar refractivity (Wildman–Crippen MR) is 88.3 cm³/mol. The van der Waals surface area contributed by atoms with Crippen LogP contribution in [0.4, 0.5) is 9.80 Å². The lowest BCUT2D eigenvalue weighted by Crippen LogP contribution is -2.54. The van der Waals surface area contributed by atoms with Crippen molar-refractivity contribution in [2.24, 2.45) is 5.92 Å². The van der Waals surface area contributed by atoms with Crippen LogP contribution in [0.15, 0.2) is 11.4 Å². The third-order valence-electron chi connectivity index (χ3n) is 4.84. The molecule has 4 amide bonds. The Labute approximate surface area is 143 Å². The predicted octanol–water partition coefficient (Wildman–Crippen LogP) is 2.06. The van der Waals surface area contributed by atoms with Gasteiger partial charge in [-0.3, -0.25) is 14.5 Å². The Morgan fingerprint density at radius 3 is 3.04 bits per heavy atom. The van der Waals surface area contributed by atoms with Crippen LogP contribution in [0.1, 0.15) is 38.2 Å². The molecule has 2 N–H and O–H groups in total. The maximum absolute atomic E-state index is 12.8. The van der Waals surface area contributed by atoms with Gasteiger partial charge in [-0.1, -0.05) is 19.8 Å². The quantitative estimate of drug-likeness (QED) is 0.818. The fourth-order valence-electron chi connectivity index (χ4n) is 3.44. The molecular weight excluding hydrogens is 328 g/mol. The van der Waals surface area contributed by atoms with Gasteiger partial charge in [0, 0.05) is 0 Å². The molecule has 1 spiro atoms. The third kappa shape index (κ3) is 2.65. The van der Waals surface area contributed by atoms with Crippen molar-refractivity contribution in [3.05, 3.63) is 17.0 Å². The van der Waals surface area contributed by atoms with Crippen LogP contribution < -0.4 is 10.6 Å². The molecule has 126 valence electrons. The Kier molecular flexibility index (Phi) is 4.28. The average Bonchev–Trinajstić information content (AvgIpc) is 3.09. The molecule has 0 unspecified atom stereocenters. The van der Waals surface area contributed by atoms with Crippen LogP contribution in [0.3, 0.4) is 0 Å². The highest BCUT2D eigenvalue weighted by atomic mass is 32.1. The summed E-state index contributed by atoms with van der Waals surface area (Å²) < 4.78 is 0. The van der Waals surface area contributed by atoms with Gasteiger partial charge in [0.2, 0.25) is 5.91 Å². The van der Waals surface area contributed by atoms with Crippen molar-refractivity contribution in [2.75, 3.05) is 11.9 Å². The molecule has 2 fully saturated rings. The molecule has 1 aliphatic heterocycles. The summed E-state index contributed by atoms with van der Waals surface area (Å²) in [6, 6.07) is 3.07. The number of urea groups is 1. The van der Waals surface area contributed by atoms with Crippen molar-refractivity contribution in [1.82, 2.24) is 10.2 Å². The number of amides is 4. The Balaban J connectivity index is 1.71. The zero-order chi connectivity index (χ0) is 17.3. The summed E-state index contributed by atoms with van der Waals surface area (Å²) >= 11 is 1.23. The second-order valence-corrected chi connectivity index (χ2v) is 7.18. The molecule has 0 bridgehead atoms. The van der Waals surface area contributed by atoms with E-state index in [1.54, 1.807) is 11.4 Å². The number of anilines is 1. The molecule has 3 rings (SSSR count). The maximum Gasteiger partial charge on any atom is 0.325 e. The zero-order valence-electron chi connectivity index (χ0n) is 13.3. The number of imide groups is 1. The zero-order valence-corrected chi connectivity index (χ0v) is 14.1. The number of nitrogens with one attached hydrogen (secondary N) is 2. The van der Waals surface area contributed by atoms with Crippen LogP contribution in [0.5, 0.6) is 0 Å². The van der Waals surface area contributed by atoms with E-state index in [-0.39, 0.29) is 18.4 Å². The number of carbonyl (C=O) groups is 3. The number of hydrogen-bond acceptors (Lipinski definition) is 5. The smallest absolute Gasteiger partial charge is 0.323 e. The summed E-state index contributed by atoms with van der Waals surface area (Å²) in [7, 11) is 0. The molecule has 24 heavy (non-hydrogen) atoms. The highest BCUT2D eigenvalue weighted by molar-refractivity contribution is 7.14. The molecule has 2 atom stereocenters. The lowest BCUT2D eigenvalue weighted by atomic mass is 9.73. The second kappa shape index (κ2) is 6.24. The standard InChI is InChI=1S/C16H18N4O3S/c1-10-4-2-3-6-16(10)14(22)20(15(23)19-16)9-12(21)18-13-11(8-17)5-7-24-13/h5,7,10H,2-4,6,9H2,1H3,(H,18,21)(H,19,23)/t10-,16+/m1/s1. The SMILES string of the molecule is C[C@@H]1CCCC[C@]12NC(=O)N(CC(=O)Nc1sccc1C#N)C2=O. The van der Waals surface area contributed by atoms with Gasteiger partial charge in [-0.15, -0.1) is 11.3 Å². The monoisotopic (exact) mass is 346 g/mol. The third-order valence-corrected chi connectivity index (χ3v) is 5.67. The van der Waals surface area contributed by atoms with E-state index in [2.05, 4.69) is 10.6 Å². The van der Waals surface area contributed by atoms with Crippen LogP contribution in [-0.4, -0.2) is 34.8 Å². The highest BCUT2D eigenvalue weighted by Gasteiger charge is 2.55. The summed E-state index contributed by atoms with van der Waals surface area (Å²) in [5.74, 6) is -0.752. The minimum absolute atomic E-state index is 0.0539. The summed E-state index contributed by atoms with van der Waals surface area (Å²) in [4.78, 5) is 38.2. The van der Waals surface area contributed by atoms with E-state index >= 15 is 0 Å². The molecular formula is C16H18N4O3S. The van der Waals surface area contributed by atoms with Crippen molar-refractivity contribution < 1.29 is 14.4 Å². The lowest BCUT2D eigenvalue weighted by Gasteiger charge is -2.36. The number of rotatable bonds is 3. The Morgan fingerprint density at radius 2 is 2.33 bits per heavy atom. The molecule has 2 aliphatic rings. The lowest BCUT2D eigenvalue weighted by molar-refractivity contribution is -0.136. The van der Waals surface area contributed by atoms with Gasteiger partial charge in [0.15, 0.2) is 0 Å². The van der Waals surface area contributed by atoms with Gasteiger partial charge in [0.05, 0.1) is 5.56 Å². The van der Waals surface area contributed by atoms with Crippen LogP contribution in [0.25, 0.3) is 0 Å². The fraction of sp³-hybridized carbons (Fsp3) is 0.500. The van der Waals surface area contributed by atoms with Gasteiger partial charge >= 0.3 is 6.03 Å². The van der Waals surface area contributed by atoms with Gasteiger partial charge in [-0.2, -0.15) is 5.26 Å². The van der Waals surface area contributed by atoms with Crippen molar-refractivity contribution >= 4 is 34.2 Å². The molecule has 1 aromatic heterocycles. The van der Waals surface area contributed by atoms with E-state index in [0.717, 1.165) is 24.2 Å². The van der Waals surface area contributed by atoms with Crippen molar-refractivity contribution in [1.29, 1.82) is 5.26 Å². The van der Waals surface area contributed by atoms with Crippen molar-refractivity contribution in [3.8, 4) is 6.07 Å². The van der Waals surface area contributed by atoms with E-state index in [0.29, 0.717) is 17.0 Å². The van der Waals surface area contributed by atoms with Crippen LogP contribution in [0.2, 0.25) is 0 Å². The molecule has 0 radical (unpaired) electrons. The summed E-state index contributed by atoms with van der Waals surface area (Å²) in [5.41, 5.74) is -0.501. The first-order chi connectivity index (χ1) is 11.5. The molecule has 7 nitrogen and oxygen atoms in total. The fourth-order valence-corrected chi connectivity index (χ4v) is 4.20. The molecule has 2 heterocycles. The molecule has 8 heteroatoms.